The van der Waals surface area contributed by atoms with Gasteiger partial charge in [-0.05, 0) is 74.2 Å². The number of rotatable bonds is 7. The van der Waals surface area contributed by atoms with Gasteiger partial charge in [0.2, 0.25) is 5.91 Å². The van der Waals surface area contributed by atoms with Gasteiger partial charge in [-0.15, -0.1) is 12.6 Å². The van der Waals surface area contributed by atoms with Gasteiger partial charge in [0.25, 0.3) is 0 Å². The molecule has 2 aromatic rings. The molecule has 3 rings (SSSR count). The first-order chi connectivity index (χ1) is 15.0. The number of nitrogens with zero attached hydrogens (tertiary/aromatic N) is 2. The minimum atomic E-state index is -4.40. The molecule has 2 aromatic carbocycles. The minimum absolute atomic E-state index is 0.299. The number of nitrogens with two attached hydrogens (primary N) is 1. The molecule has 1 aliphatic rings. The summed E-state index contributed by atoms with van der Waals surface area (Å²) >= 11 is 4.06. The van der Waals surface area contributed by atoms with Crippen molar-refractivity contribution in [1.82, 2.24) is 5.01 Å². The number of nitrogens with one attached hydrogen (secondary N) is 1. The Hall–Kier alpha value is -2.30. The summed E-state index contributed by atoms with van der Waals surface area (Å²) in [7, 11) is 1.76. The first-order valence-corrected chi connectivity index (χ1v) is 11.2. The van der Waals surface area contributed by atoms with E-state index in [-0.39, 0.29) is 11.9 Å². The van der Waals surface area contributed by atoms with E-state index in [9.17, 15) is 18.0 Å². The number of amides is 1. The molecular weight excluding hydrogens is 457 g/mol. The Bertz CT molecular complexity index is 1020. The number of benzene rings is 2. The molecule has 172 valence electrons. The van der Waals surface area contributed by atoms with Crippen LogP contribution in [0.4, 0.5) is 24.5 Å². The second-order valence-corrected chi connectivity index (χ2v) is 9.02. The summed E-state index contributed by atoms with van der Waals surface area (Å²) in [5.74, 6) is -0.491. The Morgan fingerprint density at radius 3 is 2.44 bits per heavy atom. The molecule has 0 heterocycles. The van der Waals surface area contributed by atoms with Crippen LogP contribution in [0.15, 0.2) is 52.9 Å². The highest BCUT2D eigenvalue weighted by Crippen LogP contribution is 2.40. The number of hydrogen-bond donors (Lipinski definition) is 3. The lowest BCUT2D eigenvalue weighted by Crippen LogP contribution is -2.50. The summed E-state index contributed by atoms with van der Waals surface area (Å²) < 4.78 is 40.5. The van der Waals surface area contributed by atoms with E-state index in [1.54, 1.807) is 31.1 Å². The Labute approximate surface area is 195 Å². The highest BCUT2D eigenvalue weighted by molar-refractivity contribution is 8.01. The number of anilines is 2. The van der Waals surface area contributed by atoms with Gasteiger partial charge in [0.05, 0.1) is 23.3 Å². The molecular formula is C22H25F3N4OS2. The number of aryl methyl sites for hydroxylation is 1. The fourth-order valence-electron chi connectivity index (χ4n) is 3.58. The molecule has 0 radical (unpaired) electrons. The van der Waals surface area contributed by atoms with Crippen molar-refractivity contribution in [3.8, 4) is 0 Å². The topological polar surface area (TPSA) is 61.6 Å². The van der Waals surface area contributed by atoms with Gasteiger partial charge < -0.3 is 10.5 Å². The van der Waals surface area contributed by atoms with E-state index in [0.29, 0.717) is 5.69 Å². The summed E-state index contributed by atoms with van der Waals surface area (Å²) in [5.41, 5.74) is 6.00. The molecule has 1 atom stereocenters. The third-order valence-corrected chi connectivity index (χ3v) is 6.28. The molecule has 10 heteroatoms. The van der Waals surface area contributed by atoms with Crippen LogP contribution in [-0.2, 0) is 11.2 Å². The SMILES string of the molecule is CC1=C(N(c2ccc(S)cc2)N(C)C(C)C(N)=O)c2cc(NSC(F)(F)F)ccc2CC1. The maximum atomic E-state index is 12.7. The van der Waals surface area contributed by atoms with Gasteiger partial charge in [-0.1, -0.05) is 6.07 Å². The largest absolute Gasteiger partial charge is 0.461 e. The van der Waals surface area contributed by atoms with Crippen molar-refractivity contribution < 1.29 is 18.0 Å². The Balaban J connectivity index is 2.11. The van der Waals surface area contributed by atoms with Crippen LogP contribution in [0.1, 0.15) is 31.4 Å². The van der Waals surface area contributed by atoms with Crippen molar-refractivity contribution in [2.45, 2.75) is 43.1 Å². The zero-order valence-electron chi connectivity index (χ0n) is 17.9. The van der Waals surface area contributed by atoms with Crippen LogP contribution < -0.4 is 15.5 Å². The standard InChI is InChI=1S/C22H25F3N4OS2/c1-13-4-5-15-6-7-16(27-32-22(23,24)25)12-19(15)20(13)29(28(3)14(2)21(26)30)17-8-10-18(31)11-9-17/h6-12,14,27,31H,4-5H2,1-3H3,(H2,26,30). The van der Waals surface area contributed by atoms with E-state index in [0.717, 1.165) is 45.8 Å². The lowest BCUT2D eigenvalue weighted by atomic mass is 9.89. The van der Waals surface area contributed by atoms with Crippen molar-refractivity contribution >= 4 is 47.6 Å². The molecule has 0 aromatic heterocycles. The van der Waals surface area contributed by atoms with Crippen LogP contribution >= 0.6 is 24.6 Å². The molecule has 0 bridgehead atoms. The Morgan fingerprint density at radius 2 is 1.84 bits per heavy atom. The second kappa shape index (κ2) is 9.68. The summed E-state index contributed by atoms with van der Waals surface area (Å²) in [6, 6.07) is 12.0. The summed E-state index contributed by atoms with van der Waals surface area (Å²) in [4.78, 5) is 12.8. The van der Waals surface area contributed by atoms with Crippen LogP contribution in [0.3, 0.4) is 0 Å². The van der Waals surface area contributed by atoms with Gasteiger partial charge in [0.15, 0.2) is 0 Å². The molecule has 5 nitrogen and oxygen atoms in total. The lowest BCUT2D eigenvalue weighted by Gasteiger charge is -2.41. The van der Waals surface area contributed by atoms with Gasteiger partial charge in [-0.2, -0.15) is 13.2 Å². The predicted octanol–water partition coefficient (Wildman–Crippen LogP) is 5.46. The molecule has 3 N–H and O–H groups in total. The van der Waals surface area contributed by atoms with Crippen molar-refractivity contribution in [3.63, 3.8) is 0 Å². The number of alkyl halides is 3. The van der Waals surface area contributed by atoms with E-state index in [4.69, 9.17) is 5.73 Å². The van der Waals surface area contributed by atoms with Crippen LogP contribution in [0.25, 0.3) is 5.70 Å². The molecule has 0 fully saturated rings. The zero-order valence-corrected chi connectivity index (χ0v) is 19.6. The van der Waals surface area contributed by atoms with Gasteiger partial charge >= 0.3 is 5.51 Å². The van der Waals surface area contributed by atoms with Gasteiger partial charge in [0.1, 0.15) is 6.04 Å². The average molecular weight is 483 g/mol. The highest BCUT2D eigenvalue weighted by Gasteiger charge is 2.31. The third-order valence-electron chi connectivity index (χ3n) is 5.42. The van der Waals surface area contributed by atoms with Crippen molar-refractivity contribution in [2.24, 2.45) is 5.73 Å². The number of carbonyl (C=O) groups is 1. The predicted molar refractivity (Wildman–Crippen MR) is 127 cm³/mol. The second-order valence-electron chi connectivity index (χ2n) is 7.63. The average Bonchev–Trinajstić information content (AvgIpc) is 2.73. The van der Waals surface area contributed by atoms with Gasteiger partial charge in [-0.25, -0.2) is 5.01 Å². The number of halogens is 3. The monoisotopic (exact) mass is 482 g/mol. The third kappa shape index (κ3) is 5.54. The molecule has 0 saturated heterocycles. The highest BCUT2D eigenvalue weighted by atomic mass is 32.2. The van der Waals surface area contributed by atoms with Crippen molar-refractivity contribution in [1.29, 1.82) is 0 Å². The van der Waals surface area contributed by atoms with Gasteiger partial charge in [0, 0.05) is 23.2 Å². The molecule has 0 spiro atoms. The number of likely N-dealkylation sites (N-methyl/N-ethyl adjacent to an activating group) is 1. The minimum Gasteiger partial charge on any atom is -0.368 e. The summed E-state index contributed by atoms with van der Waals surface area (Å²) in [6.45, 7) is 3.70. The first-order valence-electron chi connectivity index (χ1n) is 9.93. The molecule has 1 unspecified atom stereocenters. The van der Waals surface area contributed by atoms with E-state index in [1.165, 1.54) is 0 Å². The van der Waals surface area contributed by atoms with Crippen LogP contribution in [0, 0.1) is 0 Å². The van der Waals surface area contributed by atoms with E-state index in [1.807, 2.05) is 42.3 Å². The number of primary amides is 1. The van der Waals surface area contributed by atoms with Crippen LogP contribution in [0.5, 0.6) is 0 Å². The fraction of sp³-hybridized carbons (Fsp3) is 0.318. The lowest BCUT2D eigenvalue weighted by molar-refractivity contribution is -0.122. The number of allylic oxidation sites excluding steroid dienone is 1. The number of thiol groups is 1. The van der Waals surface area contributed by atoms with E-state index in [2.05, 4.69) is 17.4 Å². The van der Waals surface area contributed by atoms with Crippen molar-refractivity contribution in [2.75, 3.05) is 16.8 Å². The maximum absolute atomic E-state index is 12.7. The normalized spacial score (nSPS) is 14.9. The van der Waals surface area contributed by atoms with Crippen molar-refractivity contribution in [3.05, 3.63) is 59.2 Å². The number of fused-ring (bicyclic) bond motifs is 1. The molecule has 32 heavy (non-hydrogen) atoms. The fourth-order valence-corrected chi connectivity index (χ4v) is 4.09. The summed E-state index contributed by atoms with van der Waals surface area (Å²) in [6.07, 6.45) is 1.56. The molecule has 1 amide bonds. The summed E-state index contributed by atoms with van der Waals surface area (Å²) in [5, 5.41) is 3.64. The van der Waals surface area contributed by atoms with Crippen LogP contribution in [-0.4, -0.2) is 29.5 Å². The molecule has 0 aliphatic heterocycles. The maximum Gasteiger partial charge on any atom is 0.461 e. The smallest absolute Gasteiger partial charge is 0.368 e. The number of hydrogen-bond acceptors (Lipinski definition) is 6. The Kier molecular flexibility index (Phi) is 7.36. The van der Waals surface area contributed by atoms with Crippen LogP contribution in [0.2, 0.25) is 0 Å². The quantitative estimate of drug-likeness (QED) is 0.278. The zero-order chi connectivity index (χ0) is 23.6. The van der Waals surface area contributed by atoms with E-state index < -0.39 is 17.5 Å². The van der Waals surface area contributed by atoms with Gasteiger partial charge in [-0.3, -0.25) is 9.80 Å². The van der Waals surface area contributed by atoms with E-state index >= 15 is 0 Å². The Morgan fingerprint density at radius 1 is 1.19 bits per heavy atom. The molecule has 1 aliphatic carbocycles. The first kappa shape index (κ1) is 24.3. The number of carbonyl (C=O) groups excluding carboxylic acids is 1. The number of hydrazine groups is 1. The molecule has 0 saturated carbocycles.